The lowest BCUT2D eigenvalue weighted by atomic mass is 10.1. The SMILES string of the molecule is O=C1C(=O)N(CCBr)c2c(F)cccc21. The third-order valence-electron chi connectivity index (χ3n) is 2.25. The standard InChI is InChI=1S/C10H7BrFNO2/c11-4-5-13-8-6(9(14)10(13)15)2-1-3-7(8)12/h1-3H,4-5H2. The summed E-state index contributed by atoms with van der Waals surface area (Å²) in [6.45, 7) is 0.290. The topological polar surface area (TPSA) is 37.4 Å². The number of halogens is 2. The summed E-state index contributed by atoms with van der Waals surface area (Å²) in [5.41, 5.74) is 0.257. The third kappa shape index (κ3) is 1.47. The average molecular weight is 272 g/mol. The molecule has 78 valence electrons. The number of nitrogens with zero attached hydrogens (tertiary/aromatic N) is 1. The number of fused-ring (bicyclic) bond motifs is 1. The van der Waals surface area contributed by atoms with Gasteiger partial charge in [-0.25, -0.2) is 4.39 Å². The second-order valence-corrected chi connectivity index (χ2v) is 3.90. The maximum atomic E-state index is 13.4. The Morgan fingerprint density at radius 2 is 2.07 bits per heavy atom. The van der Waals surface area contributed by atoms with Crippen molar-refractivity contribution in [3.05, 3.63) is 29.6 Å². The average Bonchev–Trinajstić information content (AvgIpc) is 2.46. The van der Waals surface area contributed by atoms with E-state index in [0.29, 0.717) is 11.9 Å². The summed E-state index contributed by atoms with van der Waals surface area (Å²) in [5.74, 6) is -1.83. The van der Waals surface area contributed by atoms with Crippen molar-refractivity contribution < 1.29 is 14.0 Å². The fourth-order valence-electron chi connectivity index (χ4n) is 1.61. The molecule has 1 aromatic carbocycles. The predicted octanol–water partition coefficient (Wildman–Crippen LogP) is 1.75. The van der Waals surface area contributed by atoms with Gasteiger partial charge in [0.25, 0.3) is 11.7 Å². The Kier molecular flexibility index (Phi) is 2.56. The third-order valence-corrected chi connectivity index (χ3v) is 2.60. The largest absolute Gasteiger partial charge is 0.301 e. The van der Waals surface area contributed by atoms with Gasteiger partial charge in [-0.2, -0.15) is 0 Å². The lowest BCUT2D eigenvalue weighted by Gasteiger charge is -2.14. The Morgan fingerprint density at radius 1 is 1.33 bits per heavy atom. The van der Waals surface area contributed by atoms with Gasteiger partial charge in [0.1, 0.15) is 5.82 Å². The van der Waals surface area contributed by atoms with Crippen LogP contribution in [-0.2, 0) is 4.79 Å². The second kappa shape index (κ2) is 3.73. The lowest BCUT2D eigenvalue weighted by molar-refractivity contribution is -0.114. The van der Waals surface area contributed by atoms with Gasteiger partial charge in [0.2, 0.25) is 0 Å². The van der Waals surface area contributed by atoms with Crippen LogP contribution in [0.1, 0.15) is 10.4 Å². The van der Waals surface area contributed by atoms with Crippen LogP contribution in [-0.4, -0.2) is 23.6 Å². The molecule has 1 amide bonds. The number of Topliss-reactive ketones (excluding diaryl/α,β-unsaturated/α-hetero) is 1. The number of ketones is 1. The highest BCUT2D eigenvalue weighted by Crippen LogP contribution is 2.31. The lowest BCUT2D eigenvalue weighted by Crippen LogP contribution is -2.31. The first kappa shape index (κ1) is 10.3. The van der Waals surface area contributed by atoms with Crippen molar-refractivity contribution in [2.75, 3.05) is 16.8 Å². The summed E-state index contributed by atoms with van der Waals surface area (Å²) in [4.78, 5) is 24.1. The fourth-order valence-corrected chi connectivity index (χ4v) is 1.96. The van der Waals surface area contributed by atoms with E-state index in [2.05, 4.69) is 15.9 Å². The second-order valence-electron chi connectivity index (χ2n) is 3.11. The van der Waals surface area contributed by atoms with Gasteiger partial charge in [0, 0.05) is 11.9 Å². The summed E-state index contributed by atoms with van der Waals surface area (Å²) >= 11 is 3.16. The number of anilines is 1. The number of alkyl halides is 1. The molecule has 0 radical (unpaired) electrons. The fraction of sp³-hybridized carbons (Fsp3) is 0.200. The molecule has 0 aliphatic carbocycles. The minimum absolute atomic E-state index is 0.104. The van der Waals surface area contributed by atoms with Crippen LogP contribution < -0.4 is 4.90 Å². The van der Waals surface area contributed by atoms with Crippen LogP contribution in [0.15, 0.2) is 18.2 Å². The molecule has 0 fully saturated rings. The van der Waals surface area contributed by atoms with Crippen molar-refractivity contribution in [2.45, 2.75) is 0 Å². The van der Waals surface area contributed by atoms with Gasteiger partial charge in [-0.1, -0.05) is 22.0 Å². The van der Waals surface area contributed by atoms with E-state index >= 15 is 0 Å². The molecule has 0 saturated heterocycles. The minimum Gasteiger partial charge on any atom is -0.301 e. The zero-order chi connectivity index (χ0) is 11.0. The van der Waals surface area contributed by atoms with Gasteiger partial charge in [-0.15, -0.1) is 0 Å². The molecule has 1 heterocycles. The first-order chi connectivity index (χ1) is 7.16. The maximum absolute atomic E-state index is 13.4. The van der Waals surface area contributed by atoms with Gasteiger partial charge in [0.05, 0.1) is 11.3 Å². The number of carbonyl (C=O) groups excluding carboxylic acids is 2. The van der Waals surface area contributed by atoms with E-state index in [1.807, 2.05) is 0 Å². The van der Waals surface area contributed by atoms with E-state index in [9.17, 15) is 14.0 Å². The molecule has 0 atom stereocenters. The van der Waals surface area contributed by atoms with E-state index in [0.717, 1.165) is 0 Å². The number of rotatable bonds is 2. The van der Waals surface area contributed by atoms with E-state index in [4.69, 9.17) is 0 Å². The van der Waals surface area contributed by atoms with Gasteiger partial charge >= 0.3 is 0 Å². The number of hydrogen-bond donors (Lipinski definition) is 0. The minimum atomic E-state index is -0.658. The summed E-state index contributed by atoms with van der Waals surface area (Å²) < 4.78 is 13.4. The Balaban J connectivity index is 2.56. The summed E-state index contributed by atoms with van der Waals surface area (Å²) in [7, 11) is 0. The smallest absolute Gasteiger partial charge is 0.299 e. The van der Waals surface area contributed by atoms with Crippen LogP contribution in [0.5, 0.6) is 0 Å². The van der Waals surface area contributed by atoms with Crippen molar-refractivity contribution >= 4 is 33.3 Å². The molecule has 0 aromatic heterocycles. The molecule has 2 rings (SSSR count). The molecular formula is C10H7BrFNO2. The molecule has 3 nitrogen and oxygen atoms in total. The first-order valence-corrected chi connectivity index (χ1v) is 5.49. The molecule has 5 heteroatoms. The van der Waals surface area contributed by atoms with Crippen LogP contribution in [0, 0.1) is 5.82 Å². The van der Waals surface area contributed by atoms with E-state index < -0.39 is 17.5 Å². The number of hydrogen-bond acceptors (Lipinski definition) is 2. The molecule has 1 aliphatic heterocycles. The van der Waals surface area contributed by atoms with Gasteiger partial charge in [0.15, 0.2) is 0 Å². The first-order valence-electron chi connectivity index (χ1n) is 4.37. The monoisotopic (exact) mass is 271 g/mol. The van der Waals surface area contributed by atoms with Crippen molar-refractivity contribution in [1.29, 1.82) is 0 Å². The van der Waals surface area contributed by atoms with Crippen LogP contribution in [0.3, 0.4) is 0 Å². The normalized spacial score (nSPS) is 14.7. The van der Waals surface area contributed by atoms with Crippen LogP contribution in [0.25, 0.3) is 0 Å². The van der Waals surface area contributed by atoms with Crippen LogP contribution >= 0.6 is 15.9 Å². The zero-order valence-corrected chi connectivity index (χ0v) is 9.25. The Bertz CT molecular complexity index is 447. The Labute approximate surface area is 94.0 Å². The van der Waals surface area contributed by atoms with Gasteiger partial charge < -0.3 is 4.90 Å². The highest BCUT2D eigenvalue weighted by atomic mass is 79.9. The molecule has 1 aliphatic rings. The van der Waals surface area contributed by atoms with Crippen LogP contribution in [0.2, 0.25) is 0 Å². The molecule has 15 heavy (non-hydrogen) atoms. The molecule has 0 saturated carbocycles. The molecule has 0 N–H and O–H groups in total. The molecule has 0 unspecified atom stereocenters. The van der Waals surface area contributed by atoms with Gasteiger partial charge in [-0.3, -0.25) is 9.59 Å². The molecule has 0 bridgehead atoms. The van der Waals surface area contributed by atoms with E-state index in [1.165, 1.54) is 23.1 Å². The summed E-state index contributed by atoms with van der Waals surface area (Å²) in [6, 6.07) is 4.13. The highest BCUT2D eigenvalue weighted by Gasteiger charge is 2.37. The number of benzene rings is 1. The van der Waals surface area contributed by atoms with Crippen molar-refractivity contribution in [3.63, 3.8) is 0 Å². The van der Waals surface area contributed by atoms with Crippen molar-refractivity contribution in [3.8, 4) is 0 Å². The van der Waals surface area contributed by atoms with E-state index in [-0.39, 0.29) is 11.3 Å². The highest BCUT2D eigenvalue weighted by molar-refractivity contribution is 9.09. The number of para-hydroxylation sites is 1. The Morgan fingerprint density at radius 3 is 2.73 bits per heavy atom. The quantitative estimate of drug-likeness (QED) is 0.607. The number of carbonyl (C=O) groups is 2. The Hall–Kier alpha value is -1.23. The van der Waals surface area contributed by atoms with Crippen LogP contribution in [0.4, 0.5) is 10.1 Å². The molecular weight excluding hydrogens is 265 g/mol. The predicted molar refractivity (Wildman–Crippen MR) is 56.9 cm³/mol. The summed E-state index contributed by atoms with van der Waals surface area (Å²) in [5, 5.41) is 0.500. The summed E-state index contributed by atoms with van der Waals surface area (Å²) in [6.07, 6.45) is 0. The maximum Gasteiger partial charge on any atom is 0.299 e. The molecule has 0 spiro atoms. The molecule has 1 aromatic rings. The number of amides is 1. The van der Waals surface area contributed by atoms with E-state index in [1.54, 1.807) is 0 Å². The van der Waals surface area contributed by atoms with Crippen molar-refractivity contribution in [1.82, 2.24) is 0 Å². The van der Waals surface area contributed by atoms with Gasteiger partial charge in [-0.05, 0) is 12.1 Å². The zero-order valence-electron chi connectivity index (χ0n) is 7.67. The van der Waals surface area contributed by atoms with Crippen molar-refractivity contribution in [2.24, 2.45) is 0 Å².